The van der Waals surface area contributed by atoms with Gasteiger partial charge in [0, 0.05) is 5.41 Å². The predicted octanol–water partition coefficient (Wildman–Crippen LogP) is 8.30. The van der Waals surface area contributed by atoms with E-state index in [9.17, 15) is 15.3 Å². The third-order valence-corrected chi connectivity index (χ3v) is 8.15. The van der Waals surface area contributed by atoms with Crippen molar-refractivity contribution in [1.82, 2.24) is 0 Å². The molecule has 0 amide bonds. The van der Waals surface area contributed by atoms with E-state index in [2.05, 4.69) is 57.2 Å². The molecule has 1 fully saturated rings. The van der Waals surface area contributed by atoms with E-state index in [0.717, 1.165) is 80.9 Å². The highest BCUT2D eigenvalue weighted by molar-refractivity contribution is 5.49. The van der Waals surface area contributed by atoms with Crippen molar-refractivity contribution in [2.75, 3.05) is 0 Å². The van der Waals surface area contributed by atoms with Crippen LogP contribution in [0.4, 0.5) is 0 Å². The third kappa shape index (κ3) is 5.26. The molecule has 3 heteroatoms. The smallest absolute Gasteiger partial charge is 0.118 e. The fraction of sp³-hybridized carbons (Fsp3) is 0.455. The molecule has 0 aromatic heterocycles. The Balaban J connectivity index is 1.84. The summed E-state index contributed by atoms with van der Waals surface area (Å²) in [6.07, 6.45) is 9.80. The first-order valence-corrected chi connectivity index (χ1v) is 13.9. The summed E-state index contributed by atoms with van der Waals surface area (Å²) in [5, 5.41) is 31.5. The summed E-state index contributed by atoms with van der Waals surface area (Å²) in [7, 11) is 0. The molecule has 0 spiro atoms. The molecule has 36 heavy (non-hydrogen) atoms. The third-order valence-electron chi connectivity index (χ3n) is 8.15. The molecule has 0 radical (unpaired) electrons. The maximum absolute atomic E-state index is 10.5. The minimum absolute atomic E-state index is 0.196. The average Bonchev–Trinajstić information content (AvgIpc) is 2.88. The molecule has 192 valence electrons. The Labute approximate surface area is 216 Å². The molecule has 1 aliphatic rings. The van der Waals surface area contributed by atoms with Crippen LogP contribution >= 0.6 is 0 Å². The van der Waals surface area contributed by atoms with Crippen molar-refractivity contribution in [3.63, 3.8) is 0 Å². The second kappa shape index (κ2) is 11.4. The SMILES string of the molecule is CCCc1cc(C2CCCC(c3ccc(O)c(CCC)c3)(c3ccc(O)c(CCC)c3)C2)ccc1O. The van der Waals surface area contributed by atoms with Gasteiger partial charge in [0.05, 0.1) is 0 Å². The van der Waals surface area contributed by atoms with E-state index < -0.39 is 0 Å². The quantitative estimate of drug-likeness (QED) is 0.285. The van der Waals surface area contributed by atoms with Gasteiger partial charge in [-0.3, -0.25) is 0 Å². The first-order valence-electron chi connectivity index (χ1n) is 13.9. The van der Waals surface area contributed by atoms with Gasteiger partial charge < -0.3 is 15.3 Å². The molecule has 3 aromatic carbocycles. The Kier molecular flexibility index (Phi) is 8.28. The molecule has 0 heterocycles. The van der Waals surface area contributed by atoms with Crippen molar-refractivity contribution in [2.45, 2.75) is 96.3 Å². The van der Waals surface area contributed by atoms with E-state index in [-0.39, 0.29) is 5.41 Å². The summed E-state index contributed by atoms with van der Waals surface area (Å²) < 4.78 is 0. The highest BCUT2D eigenvalue weighted by Crippen LogP contribution is 2.51. The van der Waals surface area contributed by atoms with Gasteiger partial charge in [-0.15, -0.1) is 0 Å². The van der Waals surface area contributed by atoms with Crippen molar-refractivity contribution in [1.29, 1.82) is 0 Å². The molecule has 1 atom stereocenters. The number of phenols is 3. The van der Waals surface area contributed by atoms with Crippen LogP contribution in [-0.4, -0.2) is 15.3 Å². The van der Waals surface area contributed by atoms with E-state index in [4.69, 9.17) is 0 Å². The van der Waals surface area contributed by atoms with E-state index >= 15 is 0 Å². The van der Waals surface area contributed by atoms with Gasteiger partial charge >= 0.3 is 0 Å². The predicted molar refractivity (Wildman–Crippen MR) is 148 cm³/mol. The van der Waals surface area contributed by atoms with Gasteiger partial charge in [0.1, 0.15) is 17.2 Å². The molecule has 0 bridgehead atoms. The fourth-order valence-corrected chi connectivity index (χ4v) is 6.29. The van der Waals surface area contributed by atoms with E-state index in [1.54, 1.807) is 0 Å². The number of aromatic hydroxyl groups is 3. The zero-order chi connectivity index (χ0) is 25.7. The summed E-state index contributed by atoms with van der Waals surface area (Å²) in [6, 6.07) is 18.6. The molecular formula is C33H42O3. The first-order chi connectivity index (χ1) is 17.4. The number of benzene rings is 3. The zero-order valence-electron chi connectivity index (χ0n) is 22.2. The molecule has 1 saturated carbocycles. The molecular weight excluding hydrogens is 444 g/mol. The monoisotopic (exact) mass is 486 g/mol. The van der Waals surface area contributed by atoms with Gasteiger partial charge in [-0.2, -0.15) is 0 Å². The molecule has 1 unspecified atom stereocenters. The largest absolute Gasteiger partial charge is 0.508 e. The number of hydrogen-bond donors (Lipinski definition) is 3. The normalized spacial score (nSPS) is 17.2. The highest BCUT2D eigenvalue weighted by atomic mass is 16.3. The summed E-state index contributed by atoms with van der Waals surface area (Å²) in [5.41, 5.74) is 6.69. The number of aryl methyl sites for hydroxylation is 3. The lowest BCUT2D eigenvalue weighted by Crippen LogP contribution is -2.34. The van der Waals surface area contributed by atoms with Crippen molar-refractivity contribution in [3.05, 3.63) is 88.0 Å². The molecule has 3 nitrogen and oxygen atoms in total. The van der Waals surface area contributed by atoms with Gasteiger partial charge in [-0.25, -0.2) is 0 Å². The molecule has 1 aliphatic carbocycles. The Morgan fingerprint density at radius 1 is 0.667 bits per heavy atom. The Hall–Kier alpha value is -2.94. The van der Waals surface area contributed by atoms with Crippen LogP contribution in [0.2, 0.25) is 0 Å². The van der Waals surface area contributed by atoms with Gasteiger partial charge in [-0.1, -0.05) is 82.9 Å². The topological polar surface area (TPSA) is 60.7 Å². The van der Waals surface area contributed by atoms with E-state index in [1.807, 2.05) is 18.2 Å². The molecule has 3 aromatic rings. The molecule has 3 N–H and O–H groups in total. The van der Waals surface area contributed by atoms with Crippen LogP contribution in [0.25, 0.3) is 0 Å². The van der Waals surface area contributed by atoms with E-state index in [1.165, 1.54) is 16.7 Å². The minimum Gasteiger partial charge on any atom is -0.508 e. The van der Waals surface area contributed by atoms with Crippen LogP contribution in [-0.2, 0) is 24.7 Å². The lowest BCUT2D eigenvalue weighted by molar-refractivity contribution is 0.309. The van der Waals surface area contributed by atoms with Crippen LogP contribution in [0.1, 0.15) is 105 Å². The van der Waals surface area contributed by atoms with Gasteiger partial charge in [-0.05, 0) is 96.0 Å². The van der Waals surface area contributed by atoms with Gasteiger partial charge in [0.2, 0.25) is 0 Å². The maximum atomic E-state index is 10.5. The first kappa shape index (κ1) is 26.1. The van der Waals surface area contributed by atoms with Crippen LogP contribution in [0.5, 0.6) is 17.2 Å². The Bertz CT molecular complexity index is 1120. The number of rotatable bonds is 9. The summed E-state index contributed by atoms with van der Waals surface area (Å²) in [6.45, 7) is 6.44. The van der Waals surface area contributed by atoms with Crippen LogP contribution in [0.15, 0.2) is 54.6 Å². The van der Waals surface area contributed by atoms with Crippen molar-refractivity contribution in [3.8, 4) is 17.2 Å². The lowest BCUT2D eigenvalue weighted by Gasteiger charge is -2.43. The highest BCUT2D eigenvalue weighted by Gasteiger charge is 2.40. The summed E-state index contributed by atoms with van der Waals surface area (Å²) >= 11 is 0. The lowest BCUT2D eigenvalue weighted by atomic mass is 9.61. The Morgan fingerprint density at radius 2 is 1.14 bits per heavy atom. The molecule has 4 rings (SSSR count). The zero-order valence-corrected chi connectivity index (χ0v) is 22.2. The second-order valence-electron chi connectivity index (χ2n) is 10.7. The van der Waals surface area contributed by atoms with E-state index in [0.29, 0.717) is 23.2 Å². The summed E-state index contributed by atoms with van der Waals surface area (Å²) in [4.78, 5) is 0. The van der Waals surface area contributed by atoms with Crippen molar-refractivity contribution >= 4 is 0 Å². The fourth-order valence-electron chi connectivity index (χ4n) is 6.29. The standard InChI is InChI=1S/C33H42O3/c1-4-8-24-19-23(12-15-30(24)34)27-11-7-18-33(22-27,28-13-16-31(35)25(20-28)9-5-2)29-14-17-32(36)26(21-29)10-6-3/h12-17,19-21,27,34-36H,4-11,18,22H2,1-3H3. The molecule has 0 aliphatic heterocycles. The number of phenolic OH excluding ortho intramolecular Hbond substituents is 3. The average molecular weight is 487 g/mol. The minimum atomic E-state index is -0.196. The van der Waals surface area contributed by atoms with Crippen LogP contribution < -0.4 is 0 Å². The molecule has 0 saturated heterocycles. The van der Waals surface area contributed by atoms with Gasteiger partial charge in [0.25, 0.3) is 0 Å². The van der Waals surface area contributed by atoms with Gasteiger partial charge in [0.15, 0.2) is 0 Å². The maximum Gasteiger partial charge on any atom is 0.118 e. The number of hydrogen-bond acceptors (Lipinski definition) is 3. The second-order valence-corrected chi connectivity index (χ2v) is 10.7. The summed E-state index contributed by atoms with van der Waals surface area (Å²) in [5.74, 6) is 1.53. The Morgan fingerprint density at radius 3 is 1.64 bits per heavy atom. The van der Waals surface area contributed by atoms with Crippen LogP contribution in [0.3, 0.4) is 0 Å². The van der Waals surface area contributed by atoms with Crippen molar-refractivity contribution < 1.29 is 15.3 Å². The van der Waals surface area contributed by atoms with Crippen molar-refractivity contribution in [2.24, 2.45) is 0 Å². The van der Waals surface area contributed by atoms with Crippen LogP contribution in [0, 0.1) is 0 Å².